The Bertz CT molecular complexity index is 546. The summed E-state index contributed by atoms with van der Waals surface area (Å²) in [6.45, 7) is 5.67. The van der Waals surface area contributed by atoms with Crippen molar-refractivity contribution in [3.8, 4) is 0 Å². The highest BCUT2D eigenvalue weighted by atomic mass is 79.9. The van der Waals surface area contributed by atoms with Crippen LogP contribution in [0, 0.1) is 0 Å². The number of rotatable bonds is 4. The molecule has 0 aromatic carbocycles. The Morgan fingerprint density at radius 3 is 2.56 bits per heavy atom. The molecule has 0 saturated heterocycles. The van der Waals surface area contributed by atoms with Crippen LogP contribution in [0.4, 0.5) is 0 Å². The average molecular weight is 356 g/mol. The fourth-order valence-corrected chi connectivity index (χ4v) is 3.78. The minimum Gasteiger partial charge on any atom is -0.242 e. The van der Waals surface area contributed by atoms with Crippen LogP contribution in [0.25, 0.3) is 0 Å². The van der Waals surface area contributed by atoms with Gasteiger partial charge >= 0.3 is 0 Å². The molecule has 0 N–H and O–H groups in total. The summed E-state index contributed by atoms with van der Waals surface area (Å²) in [6, 6.07) is 1.47. The first-order chi connectivity index (χ1) is 8.13. The van der Waals surface area contributed by atoms with Gasteiger partial charge in [0.15, 0.2) is 0 Å². The van der Waals surface area contributed by atoms with Crippen LogP contribution >= 0.6 is 27.5 Å². The van der Waals surface area contributed by atoms with E-state index in [1.165, 1.54) is 16.6 Å². The van der Waals surface area contributed by atoms with Gasteiger partial charge < -0.3 is 0 Å². The first-order valence-corrected chi connectivity index (χ1v) is 8.04. The van der Waals surface area contributed by atoms with Gasteiger partial charge in [0.25, 0.3) is 0 Å². The minimum atomic E-state index is -3.65. The quantitative estimate of drug-likeness (QED) is 0.779. The number of hydrogen-bond donors (Lipinski definition) is 0. The molecule has 18 heavy (non-hydrogen) atoms. The maximum absolute atomic E-state index is 12.5. The van der Waals surface area contributed by atoms with E-state index in [0.717, 1.165) is 0 Å². The van der Waals surface area contributed by atoms with E-state index >= 15 is 0 Å². The van der Waals surface area contributed by atoms with Crippen molar-refractivity contribution in [2.45, 2.75) is 37.6 Å². The third kappa shape index (κ3) is 3.04. The van der Waals surface area contributed by atoms with Crippen molar-refractivity contribution in [2.75, 3.05) is 7.05 Å². The molecule has 4 nitrogen and oxygen atoms in total. The number of sulfonamides is 1. The lowest BCUT2D eigenvalue weighted by molar-refractivity contribution is 0.257. The molecular formula is C11H16BrClN2O2S. The lowest BCUT2D eigenvalue weighted by Crippen LogP contribution is -2.44. The van der Waals surface area contributed by atoms with E-state index in [-0.39, 0.29) is 10.0 Å². The van der Waals surface area contributed by atoms with E-state index in [1.54, 1.807) is 7.05 Å². The molecule has 0 bridgehead atoms. The zero-order valence-corrected chi connectivity index (χ0v) is 13.9. The number of halogens is 2. The van der Waals surface area contributed by atoms with Gasteiger partial charge in [0.05, 0.1) is 0 Å². The Kier molecular flexibility index (Phi) is 4.81. The molecule has 0 aliphatic heterocycles. The maximum Gasteiger partial charge on any atom is 0.246 e. The SMILES string of the molecule is CCC(C)(C)N(C)S(=O)(=O)c1cc(Br)cnc1Cl. The summed E-state index contributed by atoms with van der Waals surface area (Å²) in [4.78, 5) is 3.86. The van der Waals surface area contributed by atoms with Gasteiger partial charge in [0.1, 0.15) is 10.0 Å². The Morgan fingerprint density at radius 2 is 2.06 bits per heavy atom. The Hall–Kier alpha value is -0.170. The third-order valence-electron chi connectivity index (χ3n) is 3.13. The van der Waals surface area contributed by atoms with E-state index in [1.807, 2.05) is 20.8 Å². The van der Waals surface area contributed by atoms with Gasteiger partial charge in [-0.15, -0.1) is 0 Å². The standard InChI is InChI=1S/C11H16BrClN2O2S/c1-5-11(2,3)15(4)18(16,17)9-6-8(12)7-14-10(9)13/h6-7H,5H2,1-4H3. The van der Waals surface area contributed by atoms with E-state index < -0.39 is 15.6 Å². The molecule has 0 saturated carbocycles. The number of hydrogen-bond acceptors (Lipinski definition) is 3. The van der Waals surface area contributed by atoms with Crippen LogP contribution < -0.4 is 0 Å². The largest absolute Gasteiger partial charge is 0.246 e. The molecular weight excluding hydrogens is 340 g/mol. The third-order valence-corrected chi connectivity index (χ3v) is 6.06. The van der Waals surface area contributed by atoms with E-state index in [0.29, 0.717) is 10.9 Å². The van der Waals surface area contributed by atoms with Gasteiger partial charge in [-0.25, -0.2) is 13.4 Å². The number of nitrogens with zero attached hydrogens (tertiary/aromatic N) is 2. The van der Waals surface area contributed by atoms with Crippen LogP contribution in [0.3, 0.4) is 0 Å². The van der Waals surface area contributed by atoms with Crippen molar-refractivity contribution in [3.05, 3.63) is 21.9 Å². The van der Waals surface area contributed by atoms with Crippen LogP contribution in [-0.2, 0) is 10.0 Å². The summed E-state index contributed by atoms with van der Waals surface area (Å²) in [7, 11) is -2.10. The van der Waals surface area contributed by atoms with Gasteiger partial charge in [-0.3, -0.25) is 0 Å². The van der Waals surface area contributed by atoms with Crippen LogP contribution in [0.5, 0.6) is 0 Å². The van der Waals surface area contributed by atoms with Gasteiger partial charge in [-0.2, -0.15) is 4.31 Å². The second kappa shape index (κ2) is 5.45. The maximum atomic E-state index is 12.5. The van der Waals surface area contributed by atoms with Crippen LogP contribution in [-0.4, -0.2) is 30.3 Å². The topological polar surface area (TPSA) is 50.3 Å². The highest BCUT2D eigenvalue weighted by molar-refractivity contribution is 9.10. The molecule has 1 aromatic rings. The summed E-state index contributed by atoms with van der Waals surface area (Å²) < 4.78 is 26.9. The molecule has 0 unspecified atom stereocenters. The Labute approximate surface area is 122 Å². The minimum absolute atomic E-state index is 0.0163. The summed E-state index contributed by atoms with van der Waals surface area (Å²) in [5.74, 6) is 0. The number of pyridine rings is 1. The van der Waals surface area contributed by atoms with Gasteiger partial charge in [0.2, 0.25) is 10.0 Å². The van der Waals surface area contributed by atoms with Crippen molar-refractivity contribution in [1.82, 2.24) is 9.29 Å². The molecule has 0 amide bonds. The molecule has 1 rings (SSSR count). The summed E-state index contributed by atoms with van der Waals surface area (Å²) in [5, 5.41) is -0.0167. The zero-order valence-electron chi connectivity index (χ0n) is 10.7. The summed E-state index contributed by atoms with van der Waals surface area (Å²) in [6.07, 6.45) is 2.16. The van der Waals surface area contributed by atoms with Crippen molar-refractivity contribution in [2.24, 2.45) is 0 Å². The van der Waals surface area contributed by atoms with Crippen molar-refractivity contribution in [1.29, 1.82) is 0 Å². The molecule has 0 atom stereocenters. The highest BCUT2D eigenvalue weighted by Crippen LogP contribution is 2.29. The van der Waals surface area contributed by atoms with Crippen LogP contribution in [0.15, 0.2) is 21.6 Å². The first-order valence-electron chi connectivity index (χ1n) is 5.43. The normalized spacial score (nSPS) is 13.1. The van der Waals surface area contributed by atoms with Crippen molar-refractivity contribution in [3.63, 3.8) is 0 Å². The van der Waals surface area contributed by atoms with E-state index in [9.17, 15) is 8.42 Å². The fraction of sp³-hybridized carbons (Fsp3) is 0.545. The Balaban J connectivity index is 3.34. The molecule has 0 aliphatic rings. The second-order valence-electron chi connectivity index (χ2n) is 4.58. The molecule has 1 aromatic heterocycles. The lowest BCUT2D eigenvalue weighted by Gasteiger charge is -2.33. The zero-order chi connectivity index (χ0) is 14.1. The molecule has 7 heteroatoms. The molecule has 0 spiro atoms. The highest BCUT2D eigenvalue weighted by Gasteiger charge is 2.34. The first kappa shape index (κ1) is 15.9. The smallest absolute Gasteiger partial charge is 0.242 e. The average Bonchev–Trinajstić information content (AvgIpc) is 2.31. The van der Waals surface area contributed by atoms with Crippen molar-refractivity contribution < 1.29 is 8.42 Å². The van der Waals surface area contributed by atoms with Gasteiger partial charge in [-0.05, 0) is 42.3 Å². The molecule has 102 valence electrons. The monoisotopic (exact) mass is 354 g/mol. The van der Waals surface area contributed by atoms with E-state index in [2.05, 4.69) is 20.9 Å². The summed E-state index contributed by atoms with van der Waals surface area (Å²) in [5.41, 5.74) is -0.482. The van der Waals surface area contributed by atoms with Crippen LogP contribution in [0.2, 0.25) is 5.15 Å². The number of aromatic nitrogens is 1. The lowest BCUT2D eigenvalue weighted by atomic mass is 10.0. The van der Waals surface area contributed by atoms with Crippen molar-refractivity contribution >= 4 is 37.6 Å². The molecule has 0 radical (unpaired) electrons. The fourth-order valence-electron chi connectivity index (χ4n) is 1.28. The van der Waals surface area contributed by atoms with E-state index in [4.69, 9.17) is 11.6 Å². The molecule has 1 heterocycles. The van der Waals surface area contributed by atoms with Gasteiger partial charge in [-0.1, -0.05) is 18.5 Å². The van der Waals surface area contributed by atoms with Gasteiger partial charge in [0, 0.05) is 23.3 Å². The predicted octanol–water partition coefficient (Wildman–Crippen LogP) is 3.31. The Morgan fingerprint density at radius 1 is 1.50 bits per heavy atom. The molecule has 0 fully saturated rings. The molecule has 0 aliphatic carbocycles. The second-order valence-corrected chi connectivity index (χ2v) is 7.79. The predicted molar refractivity (Wildman–Crippen MR) is 76.3 cm³/mol. The summed E-state index contributed by atoms with van der Waals surface area (Å²) >= 11 is 9.08. The van der Waals surface area contributed by atoms with Crippen LogP contribution in [0.1, 0.15) is 27.2 Å².